The zero-order chi connectivity index (χ0) is 18.0. The lowest BCUT2D eigenvalue weighted by Crippen LogP contribution is -2.41. The van der Waals surface area contributed by atoms with Gasteiger partial charge in [0.05, 0.1) is 5.25 Å². The van der Waals surface area contributed by atoms with Crippen LogP contribution in [0.1, 0.15) is 61.9 Å². The molecule has 0 unspecified atom stereocenters. The fourth-order valence-corrected chi connectivity index (χ4v) is 4.65. The highest BCUT2D eigenvalue weighted by atomic mass is 32.2. The summed E-state index contributed by atoms with van der Waals surface area (Å²) in [6, 6.07) is 6.10. The summed E-state index contributed by atoms with van der Waals surface area (Å²) in [5, 5.41) is 3.11. The minimum Gasteiger partial charge on any atom is -0.385 e. The Bertz CT molecular complexity index is 735. The molecule has 5 nitrogen and oxygen atoms in total. The molecular weight excluding hydrogens is 336 g/mol. The molecule has 0 atom stereocenters. The van der Waals surface area contributed by atoms with Crippen molar-refractivity contribution in [2.75, 3.05) is 11.9 Å². The highest BCUT2D eigenvalue weighted by molar-refractivity contribution is 7.90. The molecular formula is C19H28N2O3S. The van der Waals surface area contributed by atoms with Crippen LogP contribution in [0.3, 0.4) is 0 Å². The molecule has 1 aromatic carbocycles. The second kappa shape index (κ2) is 7.46. The van der Waals surface area contributed by atoms with Crippen molar-refractivity contribution in [3.05, 3.63) is 29.3 Å². The number of benzene rings is 1. The number of carbonyl (C=O) groups excluding carboxylic acids is 1. The van der Waals surface area contributed by atoms with Gasteiger partial charge in [0.1, 0.15) is 0 Å². The Kier molecular flexibility index (Phi) is 5.49. The van der Waals surface area contributed by atoms with E-state index in [0.29, 0.717) is 12.3 Å². The van der Waals surface area contributed by atoms with E-state index in [-0.39, 0.29) is 17.1 Å². The van der Waals surface area contributed by atoms with Crippen LogP contribution in [0, 0.1) is 5.92 Å². The summed E-state index contributed by atoms with van der Waals surface area (Å²) in [6.07, 6.45) is 5.34. The van der Waals surface area contributed by atoms with Gasteiger partial charge in [0.25, 0.3) is 0 Å². The highest BCUT2D eigenvalue weighted by Gasteiger charge is 2.26. The number of carbonyl (C=O) groups is 1. The molecule has 0 aromatic heterocycles. The van der Waals surface area contributed by atoms with Crippen molar-refractivity contribution in [2.24, 2.45) is 5.92 Å². The number of sulfonamides is 1. The Hall–Kier alpha value is -1.40. The SMILES string of the molecule is CC(C)S(=O)(=O)NC1CCC(CNc2ccc3c(c2)CCC3=O)CC1. The van der Waals surface area contributed by atoms with Crippen LogP contribution in [-0.4, -0.2) is 32.0 Å². The summed E-state index contributed by atoms with van der Waals surface area (Å²) >= 11 is 0. The predicted molar refractivity (Wildman–Crippen MR) is 101 cm³/mol. The van der Waals surface area contributed by atoms with Gasteiger partial charge < -0.3 is 5.32 Å². The molecule has 0 heterocycles. The fourth-order valence-electron chi connectivity index (χ4n) is 3.68. The van der Waals surface area contributed by atoms with Crippen LogP contribution < -0.4 is 10.0 Å². The van der Waals surface area contributed by atoms with Gasteiger partial charge in [-0.25, -0.2) is 13.1 Å². The third-order valence-corrected chi connectivity index (χ3v) is 7.32. The van der Waals surface area contributed by atoms with E-state index in [1.165, 1.54) is 0 Å². The summed E-state index contributed by atoms with van der Waals surface area (Å²) in [4.78, 5) is 11.7. The van der Waals surface area contributed by atoms with Crippen molar-refractivity contribution in [2.45, 2.75) is 63.7 Å². The topological polar surface area (TPSA) is 75.3 Å². The largest absolute Gasteiger partial charge is 0.385 e. The number of aryl methyl sites for hydroxylation is 1. The van der Waals surface area contributed by atoms with Crippen molar-refractivity contribution in [3.8, 4) is 0 Å². The van der Waals surface area contributed by atoms with Crippen LogP contribution in [-0.2, 0) is 16.4 Å². The molecule has 0 spiro atoms. The molecule has 2 aliphatic rings. The number of hydrogen-bond acceptors (Lipinski definition) is 4. The monoisotopic (exact) mass is 364 g/mol. The summed E-state index contributed by atoms with van der Waals surface area (Å²) in [6.45, 7) is 4.32. The molecule has 1 saturated carbocycles. The van der Waals surface area contributed by atoms with E-state index in [1.807, 2.05) is 12.1 Å². The lowest BCUT2D eigenvalue weighted by atomic mass is 9.86. The molecule has 1 aromatic rings. The van der Waals surface area contributed by atoms with Crippen molar-refractivity contribution in [1.82, 2.24) is 4.72 Å². The first kappa shape index (κ1) is 18.4. The number of anilines is 1. The first-order valence-corrected chi connectivity index (χ1v) is 10.8. The van der Waals surface area contributed by atoms with Gasteiger partial charge in [-0.15, -0.1) is 0 Å². The first-order chi connectivity index (χ1) is 11.8. The molecule has 0 saturated heterocycles. The van der Waals surface area contributed by atoms with Crippen LogP contribution in [0.4, 0.5) is 5.69 Å². The van der Waals surface area contributed by atoms with Gasteiger partial charge in [0, 0.05) is 30.3 Å². The van der Waals surface area contributed by atoms with Crippen molar-refractivity contribution in [3.63, 3.8) is 0 Å². The van der Waals surface area contributed by atoms with Gasteiger partial charge in [0.15, 0.2) is 5.78 Å². The molecule has 2 aliphatic carbocycles. The second-order valence-electron chi connectivity index (χ2n) is 7.61. The molecule has 138 valence electrons. The standard InChI is InChI=1S/C19H28N2O3S/c1-13(2)25(23,24)21-16-6-3-14(4-7-16)12-20-17-8-9-18-15(11-17)5-10-19(18)22/h8-9,11,13-14,16,20-21H,3-7,10,12H2,1-2H3. The number of rotatable bonds is 6. The van der Waals surface area contributed by atoms with E-state index in [2.05, 4.69) is 16.1 Å². The first-order valence-electron chi connectivity index (χ1n) is 9.26. The average molecular weight is 365 g/mol. The van der Waals surface area contributed by atoms with E-state index in [0.717, 1.165) is 55.5 Å². The van der Waals surface area contributed by atoms with E-state index in [9.17, 15) is 13.2 Å². The minimum atomic E-state index is -3.17. The van der Waals surface area contributed by atoms with Gasteiger partial charge in [-0.2, -0.15) is 0 Å². The predicted octanol–water partition coefficient (Wildman–Crippen LogP) is 3.11. The van der Waals surface area contributed by atoms with Crippen molar-refractivity contribution < 1.29 is 13.2 Å². The van der Waals surface area contributed by atoms with Gasteiger partial charge in [-0.05, 0) is 75.6 Å². The maximum atomic E-state index is 12.0. The second-order valence-corrected chi connectivity index (χ2v) is 9.87. The van der Waals surface area contributed by atoms with E-state index in [1.54, 1.807) is 13.8 Å². The van der Waals surface area contributed by atoms with Crippen molar-refractivity contribution >= 4 is 21.5 Å². The molecule has 0 amide bonds. The Morgan fingerprint density at radius 1 is 1.12 bits per heavy atom. The maximum absolute atomic E-state index is 12.0. The molecule has 2 N–H and O–H groups in total. The van der Waals surface area contributed by atoms with Gasteiger partial charge in [-0.3, -0.25) is 4.79 Å². The summed E-state index contributed by atoms with van der Waals surface area (Å²) in [5.41, 5.74) is 3.11. The average Bonchev–Trinajstić information content (AvgIpc) is 2.94. The third kappa shape index (κ3) is 4.42. The van der Waals surface area contributed by atoms with Crippen LogP contribution in [0.5, 0.6) is 0 Å². The van der Waals surface area contributed by atoms with E-state index in [4.69, 9.17) is 0 Å². The number of fused-ring (bicyclic) bond motifs is 1. The third-order valence-electron chi connectivity index (χ3n) is 5.42. The molecule has 3 rings (SSSR count). The van der Waals surface area contributed by atoms with Crippen LogP contribution in [0.25, 0.3) is 0 Å². The van der Waals surface area contributed by atoms with Crippen molar-refractivity contribution in [1.29, 1.82) is 0 Å². The van der Waals surface area contributed by atoms with Gasteiger partial charge in [0.2, 0.25) is 10.0 Å². The lowest BCUT2D eigenvalue weighted by Gasteiger charge is -2.29. The number of nitrogens with one attached hydrogen (secondary N) is 2. The maximum Gasteiger partial charge on any atom is 0.214 e. The highest BCUT2D eigenvalue weighted by Crippen LogP contribution is 2.28. The van der Waals surface area contributed by atoms with Crippen LogP contribution >= 0.6 is 0 Å². The summed E-state index contributed by atoms with van der Waals surface area (Å²) < 4.78 is 26.8. The molecule has 1 fully saturated rings. The fraction of sp³-hybridized carbons (Fsp3) is 0.632. The molecule has 0 bridgehead atoms. The Morgan fingerprint density at radius 3 is 2.52 bits per heavy atom. The zero-order valence-electron chi connectivity index (χ0n) is 15.0. The Labute approximate surface area is 150 Å². The molecule has 6 heteroatoms. The summed E-state index contributed by atoms with van der Waals surface area (Å²) in [5.74, 6) is 0.818. The number of ketones is 1. The van der Waals surface area contributed by atoms with Gasteiger partial charge >= 0.3 is 0 Å². The van der Waals surface area contributed by atoms with E-state index < -0.39 is 10.0 Å². The van der Waals surface area contributed by atoms with Crippen LogP contribution in [0.2, 0.25) is 0 Å². The Morgan fingerprint density at radius 2 is 1.84 bits per heavy atom. The quantitative estimate of drug-likeness (QED) is 0.813. The molecule has 25 heavy (non-hydrogen) atoms. The number of hydrogen-bond donors (Lipinski definition) is 2. The van der Waals surface area contributed by atoms with Crippen LogP contribution in [0.15, 0.2) is 18.2 Å². The van der Waals surface area contributed by atoms with Gasteiger partial charge in [-0.1, -0.05) is 0 Å². The summed E-state index contributed by atoms with van der Waals surface area (Å²) in [7, 11) is -3.17. The van der Waals surface area contributed by atoms with E-state index >= 15 is 0 Å². The smallest absolute Gasteiger partial charge is 0.214 e. The lowest BCUT2D eigenvalue weighted by molar-refractivity contribution is 0.0994. The normalized spacial score (nSPS) is 23.7. The molecule has 0 aliphatic heterocycles. The molecule has 0 radical (unpaired) electrons. The minimum absolute atomic E-state index is 0.0784. The number of Topliss-reactive ketones (excluding diaryl/α,β-unsaturated/α-hetero) is 1. The Balaban J connectivity index is 1.46. The zero-order valence-corrected chi connectivity index (χ0v) is 15.9.